The number of carbonyl (C=O) groups is 1. The van der Waals surface area contributed by atoms with Crippen molar-refractivity contribution >= 4 is 11.6 Å². The number of hydrogen-bond donors (Lipinski definition) is 2. The molecular formula is C16H18N2O2. The van der Waals surface area contributed by atoms with E-state index in [1.165, 1.54) is 0 Å². The Balaban J connectivity index is 2.07. The molecule has 1 amide bonds. The van der Waals surface area contributed by atoms with Gasteiger partial charge in [0, 0.05) is 17.3 Å². The summed E-state index contributed by atoms with van der Waals surface area (Å²) < 4.78 is 5.12. The van der Waals surface area contributed by atoms with Crippen molar-refractivity contribution in [2.24, 2.45) is 5.73 Å². The Morgan fingerprint density at radius 3 is 2.60 bits per heavy atom. The molecular weight excluding hydrogens is 252 g/mol. The summed E-state index contributed by atoms with van der Waals surface area (Å²) in [4.78, 5) is 12.1. The highest BCUT2D eigenvalue weighted by Gasteiger charge is 2.06. The Morgan fingerprint density at radius 2 is 1.95 bits per heavy atom. The molecule has 104 valence electrons. The van der Waals surface area contributed by atoms with Gasteiger partial charge < -0.3 is 15.8 Å². The van der Waals surface area contributed by atoms with E-state index >= 15 is 0 Å². The van der Waals surface area contributed by atoms with Crippen molar-refractivity contribution in [1.82, 2.24) is 0 Å². The zero-order valence-electron chi connectivity index (χ0n) is 11.4. The lowest BCUT2D eigenvalue weighted by atomic mass is 10.1. The van der Waals surface area contributed by atoms with Gasteiger partial charge in [0.2, 0.25) is 0 Å². The molecule has 0 saturated carbocycles. The number of amides is 1. The fourth-order valence-corrected chi connectivity index (χ4v) is 1.89. The van der Waals surface area contributed by atoms with Gasteiger partial charge in [-0.1, -0.05) is 18.2 Å². The van der Waals surface area contributed by atoms with E-state index in [4.69, 9.17) is 10.5 Å². The molecule has 3 N–H and O–H groups in total. The number of methoxy groups -OCH3 is 1. The van der Waals surface area contributed by atoms with Crippen molar-refractivity contribution in [2.45, 2.75) is 6.42 Å². The monoisotopic (exact) mass is 270 g/mol. The molecule has 0 heterocycles. The van der Waals surface area contributed by atoms with Gasteiger partial charge in [-0.25, -0.2) is 0 Å². The van der Waals surface area contributed by atoms with Crippen molar-refractivity contribution in [1.29, 1.82) is 0 Å². The second-order valence-corrected chi connectivity index (χ2v) is 4.42. The summed E-state index contributed by atoms with van der Waals surface area (Å²) in [5.74, 6) is 0.568. The first-order valence-electron chi connectivity index (χ1n) is 6.47. The van der Waals surface area contributed by atoms with Crippen LogP contribution in [-0.2, 0) is 6.42 Å². The van der Waals surface area contributed by atoms with Gasteiger partial charge in [0.05, 0.1) is 7.11 Å². The van der Waals surface area contributed by atoms with Crippen LogP contribution in [-0.4, -0.2) is 19.6 Å². The zero-order chi connectivity index (χ0) is 14.4. The number of carbonyl (C=O) groups excluding carboxylic acids is 1. The molecule has 0 atom stereocenters. The molecule has 0 radical (unpaired) electrons. The summed E-state index contributed by atoms with van der Waals surface area (Å²) in [6.45, 7) is 0.607. The van der Waals surface area contributed by atoms with Gasteiger partial charge in [-0.3, -0.25) is 4.79 Å². The first kappa shape index (κ1) is 14.1. The van der Waals surface area contributed by atoms with Crippen LogP contribution in [0.2, 0.25) is 0 Å². The molecule has 2 aromatic carbocycles. The van der Waals surface area contributed by atoms with Crippen LogP contribution in [0.15, 0.2) is 48.5 Å². The molecule has 0 saturated heterocycles. The molecule has 0 bridgehead atoms. The van der Waals surface area contributed by atoms with Crippen molar-refractivity contribution in [3.8, 4) is 5.75 Å². The Morgan fingerprint density at radius 1 is 1.20 bits per heavy atom. The zero-order valence-corrected chi connectivity index (χ0v) is 11.4. The van der Waals surface area contributed by atoms with Crippen LogP contribution in [0.4, 0.5) is 5.69 Å². The minimum absolute atomic E-state index is 0.141. The third-order valence-corrected chi connectivity index (χ3v) is 2.98. The topological polar surface area (TPSA) is 64.3 Å². The largest absolute Gasteiger partial charge is 0.497 e. The smallest absolute Gasteiger partial charge is 0.255 e. The minimum Gasteiger partial charge on any atom is -0.497 e. The van der Waals surface area contributed by atoms with E-state index in [9.17, 15) is 4.79 Å². The van der Waals surface area contributed by atoms with Gasteiger partial charge in [-0.2, -0.15) is 0 Å². The lowest BCUT2D eigenvalue weighted by Crippen LogP contribution is -2.12. The van der Waals surface area contributed by atoms with E-state index in [2.05, 4.69) is 5.32 Å². The van der Waals surface area contributed by atoms with Crippen LogP contribution in [0.1, 0.15) is 15.9 Å². The van der Waals surface area contributed by atoms with E-state index < -0.39 is 0 Å². The summed E-state index contributed by atoms with van der Waals surface area (Å²) >= 11 is 0. The van der Waals surface area contributed by atoms with Crippen molar-refractivity contribution in [3.63, 3.8) is 0 Å². The summed E-state index contributed by atoms with van der Waals surface area (Å²) in [6.07, 6.45) is 0.817. The number of rotatable bonds is 5. The minimum atomic E-state index is -0.141. The fraction of sp³-hybridized carbons (Fsp3) is 0.188. The molecule has 0 aliphatic heterocycles. The SMILES string of the molecule is COc1cccc(NC(=O)c2ccc(CCN)cc2)c1. The molecule has 0 aliphatic carbocycles. The van der Waals surface area contributed by atoms with Crippen molar-refractivity contribution in [2.75, 3.05) is 19.0 Å². The van der Waals surface area contributed by atoms with Crippen LogP contribution in [0.5, 0.6) is 5.75 Å². The summed E-state index contributed by atoms with van der Waals surface area (Å²) in [5, 5.41) is 2.84. The summed E-state index contributed by atoms with van der Waals surface area (Å²) in [5.41, 5.74) is 7.95. The highest BCUT2D eigenvalue weighted by atomic mass is 16.5. The second-order valence-electron chi connectivity index (χ2n) is 4.42. The van der Waals surface area contributed by atoms with Gasteiger partial charge in [0.15, 0.2) is 0 Å². The van der Waals surface area contributed by atoms with Gasteiger partial charge in [-0.15, -0.1) is 0 Å². The third kappa shape index (κ3) is 3.59. The molecule has 20 heavy (non-hydrogen) atoms. The molecule has 2 rings (SSSR count). The molecule has 0 spiro atoms. The molecule has 0 fully saturated rings. The van der Waals surface area contributed by atoms with E-state index in [-0.39, 0.29) is 5.91 Å². The van der Waals surface area contributed by atoms with Gasteiger partial charge in [0.25, 0.3) is 5.91 Å². The Kier molecular flexibility index (Phi) is 4.74. The number of hydrogen-bond acceptors (Lipinski definition) is 3. The normalized spacial score (nSPS) is 10.1. The lowest BCUT2D eigenvalue weighted by Gasteiger charge is -2.07. The highest BCUT2D eigenvalue weighted by molar-refractivity contribution is 6.04. The van der Waals surface area contributed by atoms with Gasteiger partial charge in [-0.05, 0) is 42.8 Å². The maximum atomic E-state index is 12.1. The molecule has 4 heteroatoms. The summed E-state index contributed by atoms with van der Waals surface area (Å²) in [6, 6.07) is 14.7. The number of nitrogens with one attached hydrogen (secondary N) is 1. The molecule has 2 aromatic rings. The maximum Gasteiger partial charge on any atom is 0.255 e. The van der Waals surface area contributed by atoms with E-state index in [0.29, 0.717) is 23.5 Å². The first-order valence-corrected chi connectivity index (χ1v) is 6.47. The lowest BCUT2D eigenvalue weighted by molar-refractivity contribution is 0.102. The predicted octanol–water partition coefficient (Wildman–Crippen LogP) is 2.45. The average molecular weight is 270 g/mol. The standard InChI is InChI=1S/C16H18N2O2/c1-20-15-4-2-3-14(11-15)18-16(19)13-7-5-12(6-8-13)9-10-17/h2-8,11H,9-10,17H2,1H3,(H,18,19). The molecule has 0 aromatic heterocycles. The molecule has 0 aliphatic rings. The highest BCUT2D eigenvalue weighted by Crippen LogP contribution is 2.17. The third-order valence-electron chi connectivity index (χ3n) is 2.98. The van der Waals surface area contributed by atoms with E-state index in [1.54, 1.807) is 25.3 Å². The quantitative estimate of drug-likeness (QED) is 0.877. The Bertz CT molecular complexity index is 579. The number of benzene rings is 2. The Labute approximate surface area is 118 Å². The molecule has 4 nitrogen and oxygen atoms in total. The number of ether oxygens (including phenoxy) is 1. The molecule has 0 unspecified atom stereocenters. The number of anilines is 1. The van der Waals surface area contributed by atoms with E-state index in [0.717, 1.165) is 12.0 Å². The fourth-order valence-electron chi connectivity index (χ4n) is 1.89. The predicted molar refractivity (Wildman–Crippen MR) is 80.1 cm³/mol. The summed E-state index contributed by atoms with van der Waals surface area (Å²) in [7, 11) is 1.59. The van der Waals surface area contributed by atoms with Crippen LogP contribution >= 0.6 is 0 Å². The number of nitrogens with two attached hydrogens (primary N) is 1. The van der Waals surface area contributed by atoms with Gasteiger partial charge in [0.1, 0.15) is 5.75 Å². The first-order chi connectivity index (χ1) is 9.72. The van der Waals surface area contributed by atoms with E-state index in [1.807, 2.05) is 30.3 Å². The van der Waals surface area contributed by atoms with Crippen LogP contribution in [0.3, 0.4) is 0 Å². The second kappa shape index (κ2) is 6.73. The van der Waals surface area contributed by atoms with Crippen molar-refractivity contribution in [3.05, 3.63) is 59.7 Å². The van der Waals surface area contributed by atoms with Gasteiger partial charge >= 0.3 is 0 Å². The average Bonchev–Trinajstić information content (AvgIpc) is 2.48. The van der Waals surface area contributed by atoms with Crippen LogP contribution in [0.25, 0.3) is 0 Å². The maximum absolute atomic E-state index is 12.1. The Hall–Kier alpha value is -2.33. The van der Waals surface area contributed by atoms with Crippen LogP contribution in [0, 0.1) is 0 Å². The van der Waals surface area contributed by atoms with Crippen LogP contribution < -0.4 is 15.8 Å². The van der Waals surface area contributed by atoms with Crippen molar-refractivity contribution < 1.29 is 9.53 Å².